The summed E-state index contributed by atoms with van der Waals surface area (Å²) >= 11 is 0. The Morgan fingerprint density at radius 2 is 2.06 bits per heavy atom. The molecule has 1 aromatic carbocycles. The van der Waals surface area contributed by atoms with Gasteiger partial charge in [0.15, 0.2) is 5.69 Å². The van der Waals surface area contributed by atoms with E-state index < -0.39 is 0 Å². The van der Waals surface area contributed by atoms with Crippen molar-refractivity contribution in [3.63, 3.8) is 0 Å². The molecule has 1 heterocycles. The molecular weight excluding hydrogens is 211 g/mol. The highest BCUT2D eigenvalue weighted by molar-refractivity contribution is 6.03. The summed E-state index contributed by atoms with van der Waals surface area (Å²) in [6.45, 7) is 1.72. The molecule has 82 valence electrons. The Labute approximate surface area is 91.1 Å². The molecule has 0 aliphatic rings. The SMILES string of the molecule is Cc1conc1C(=O)Nc1ccc(F)cc1. The third-order valence-corrected chi connectivity index (χ3v) is 2.06. The van der Waals surface area contributed by atoms with Crippen LogP contribution in [-0.2, 0) is 0 Å². The van der Waals surface area contributed by atoms with Crippen molar-refractivity contribution in [2.75, 3.05) is 5.32 Å². The van der Waals surface area contributed by atoms with Gasteiger partial charge in [0.05, 0.1) is 0 Å². The summed E-state index contributed by atoms with van der Waals surface area (Å²) in [4.78, 5) is 11.7. The first kappa shape index (κ1) is 10.4. The molecule has 0 atom stereocenters. The van der Waals surface area contributed by atoms with Crippen LogP contribution in [0.3, 0.4) is 0 Å². The van der Waals surface area contributed by atoms with Crippen LogP contribution < -0.4 is 5.32 Å². The molecule has 0 aliphatic heterocycles. The molecule has 4 nitrogen and oxygen atoms in total. The first-order chi connectivity index (χ1) is 7.66. The summed E-state index contributed by atoms with van der Waals surface area (Å²) < 4.78 is 17.3. The molecule has 0 bridgehead atoms. The van der Waals surface area contributed by atoms with Crippen molar-refractivity contribution in [1.82, 2.24) is 5.16 Å². The van der Waals surface area contributed by atoms with E-state index in [0.717, 1.165) is 0 Å². The van der Waals surface area contributed by atoms with Crippen LogP contribution in [0.5, 0.6) is 0 Å². The molecule has 0 aliphatic carbocycles. The average molecular weight is 220 g/mol. The second-order valence-corrected chi connectivity index (χ2v) is 3.31. The second-order valence-electron chi connectivity index (χ2n) is 3.31. The lowest BCUT2D eigenvalue weighted by Gasteiger charge is -2.02. The highest BCUT2D eigenvalue weighted by atomic mass is 19.1. The lowest BCUT2D eigenvalue weighted by molar-refractivity contribution is 0.101. The quantitative estimate of drug-likeness (QED) is 0.845. The summed E-state index contributed by atoms with van der Waals surface area (Å²) in [6.07, 6.45) is 1.39. The van der Waals surface area contributed by atoms with Gasteiger partial charge in [0.2, 0.25) is 0 Å². The minimum atomic E-state index is -0.377. The minimum absolute atomic E-state index is 0.226. The molecule has 0 radical (unpaired) electrons. The van der Waals surface area contributed by atoms with Crippen molar-refractivity contribution < 1.29 is 13.7 Å². The number of aryl methyl sites for hydroxylation is 1. The molecule has 16 heavy (non-hydrogen) atoms. The van der Waals surface area contributed by atoms with E-state index in [-0.39, 0.29) is 17.4 Å². The van der Waals surface area contributed by atoms with Gasteiger partial charge in [0, 0.05) is 11.3 Å². The van der Waals surface area contributed by atoms with Crippen LogP contribution in [0, 0.1) is 12.7 Å². The van der Waals surface area contributed by atoms with Crippen molar-refractivity contribution in [2.24, 2.45) is 0 Å². The van der Waals surface area contributed by atoms with E-state index in [1.165, 1.54) is 30.5 Å². The highest BCUT2D eigenvalue weighted by Gasteiger charge is 2.13. The summed E-state index contributed by atoms with van der Waals surface area (Å²) in [7, 11) is 0. The Kier molecular flexibility index (Phi) is 2.68. The number of nitrogens with one attached hydrogen (secondary N) is 1. The number of carbonyl (C=O) groups excluding carboxylic acids is 1. The minimum Gasteiger partial charge on any atom is -0.364 e. The van der Waals surface area contributed by atoms with Gasteiger partial charge in [-0.2, -0.15) is 0 Å². The average Bonchev–Trinajstić information content (AvgIpc) is 2.68. The van der Waals surface area contributed by atoms with Crippen LogP contribution in [-0.4, -0.2) is 11.1 Å². The number of rotatable bonds is 2. The van der Waals surface area contributed by atoms with Crippen LogP contribution in [0.15, 0.2) is 35.1 Å². The standard InChI is InChI=1S/C11H9FN2O2/c1-7-6-16-14-10(7)11(15)13-9-4-2-8(12)3-5-9/h2-6H,1H3,(H,13,15). The van der Waals surface area contributed by atoms with E-state index in [9.17, 15) is 9.18 Å². The fourth-order valence-corrected chi connectivity index (χ4v) is 1.23. The first-order valence-corrected chi connectivity index (χ1v) is 4.65. The van der Waals surface area contributed by atoms with Crippen LogP contribution in [0.25, 0.3) is 0 Å². The molecule has 0 saturated carbocycles. The van der Waals surface area contributed by atoms with E-state index in [1.807, 2.05) is 0 Å². The Hall–Kier alpha value is -2.17. The number of hydrogen-bond acceptors (Lipinski definition) is 3. The van der Waals surface area contributed by atoms with Gasteiger partial charge in [0.25, 0.3) is 5.91 Å². The molecule has 2 rings (SSSR count). The van der Waals surface area contributed by atoms with E-state index in [2.05, 4.69) is 15.0 Å². The zero-order valence-corrected chi connectivity index (χ0v) is 8.53. The third kappa shape index (κ3) is 2.08. The smallest absolute Gasteiger partial charge is 0.278 e. The van der Waals surface area contributed by atoms with Gasteiger partial charge in [0.1, 0.15) is 12.1 Å². The van der Waals surface area contributed by atoms with Crippen LogP contribution in [0.4, 0.5) is 10.1 Å². The van der Waals surface area contributed by atoms with Gasteiger partial charge in [-0.15, -0.1) is 0 Å². The molecule has 5 heteroatoms. The van der Waals surface area contributed by atoms with Gasteiger partial charge in [-0.3, -0.25) is 4.79 Å². The number of nitrogens with zero attached hydrogens (tertiary/aromatic N) is 1. The number of carbonyl (C=O) groups is 1. The summed E-state index contributed by atoms with van der Waals surface area (Å²) in [5.41, 5.74) is 1.39. The fourth-order valence-electron chi connectivity index (χ4n) is 1.23. The number of hydrogen-bond donors (Lipinski definition) is 1. The Bertz CT molecular complexity index is 505. The second kappa shape index (κ2) is 4.14. The molecule has 1 aromatic heterocycles. The maximum atomic E-state index is 12.6. The van der Waals surface area contributed by atoms with E-state index in [4.69, 9.17) is 0 Å². The molecule has 2 aromatic rings. The van der Waals surface area contributed by atoms with Crippen molar-refractivity contribution in [1.29, 1.82) is 0 Å². The summed E-state index contributed by atoms with van der Waals surface area (Å²) in [6, 6.07) is 5.49. The molecule has 0 unspecified atom stereocenters. The van der Waals surface area contributed by atoms with Gasteiger partial charge in [-0.1, -0.05) is 5.16 Å². The van der Waals surface area contributed by atoms with Crippen molar-refractivity contribution in [3.05, 3.63) is 47.6 Å². The van der Waals surface area contributed by atoms with Crippen molar-refractivity contribution >= 4 is 11.6 Å². The topological polar surface area (TPSA) is 55.1 Å². The number of anilines is 1. The first-order valence-electron chi connectivity index (χ1n) is 4.65. The van der Waals surface area contributed by atoms with Crippen LogP contribution >= 0.6 is 0 Å². The van der Waals surface area contributed by atoms with E-state index >= 15 is 0 Å². The van der Waals surface area contributed by atoms with Gasteiger partial charge < -0.3 is 9.84 Å². The van der Waals surface area contributed by atoms with Crippen LogP contribution in [0.1, 0.15) is 16.1 Å². The molecule has 0 spiro atoms. The number of amides is 1. The number of benzene rings is 1. The zero-order valence-electron chi connectivity index (χ0n) is 8.53. The summed E-state index contributed by atoms with van der Waals surface area (Å²) in [5, 5.41) is 6.15. The van der Waals surface area contributed by atoms with Crippen LogP contribution in [0.2, 0.25) is 0 Å². The van der Waals surface area contributed by atoms with Gasteiger partial charge >= 0.3 is 0 Å². The number of halogens is 1. The Morgan fingerprint density at radius 3 is 2.62 bits per heavy atom. The monoisotopic (exact) mass is 220 g/mol. The predicted molar refractivity (Wildman–Crippen MR) is 55.6 cm³/mol. The van der Waals surface area contributed by atoms with E-state index in [1.54, 1.807) is 6.92 Å². The van der Waals surface area contributed by atoms with Crippen molar-refractivity contribution in [2.45, 2.75) is 6.92 Å². The lowest BCUT2D eigenvalue weighted by atomic mass is 10.2. The maximum Gasteiger partial charge on any atom is 0.278 e. The van der Waals surface area contributed by atoms with E-state index in [0.29, 0.717) is 11.3 Å². The maximum absolute atomic E-state index is 12.6. The molecular formula is C11H9FN2O2. The molecule has 0 fully saturated rings. The molecule has 1 amide bonds. The highest BCUT2D eigenvalue weighted by Crippen LogP contribution is 2.11. The Morgan fingerprint density at radius 1 is 1.38 bits per heavy atom. The van der Waals surface area contributed by atoms with Gasteiger partial charge in [-0.05, 0) is 31.2 Å². The summed E-state index contributed by atoms with van der Waals surface area (Å²) in [5.74, 6) is -0.728. The number of aromatic nitrogens is 1. The zero-order chi connectivity index (χ0) is 11.5. The normalized spacial score (nSPS) is 10.1. The van der Waals surface area contributed by atoms with Crippen molar-refractivity contribution in [3.8, 4) is 0 Å². The Balaban J connectivity index is 2.14. The molecule has 1 N–H and O–H groups in total. The fraction of sp³-hybridized carbons (Fsp3) is 0.0909. The predicted octanol–water partition coefficient (Wildman–Crippen LogP) is 2.37. The van der Waals surface area contributed by atoms with Gasteiger partial charge in [-0.25, -0.2) is 4.39 Å². The molecule has 0 saturated heterocycles. The third-order valence-electron chi connectivity index (χ3n) is 2.06. The lowest BCUT2D eigenvalue weighted by Crippen LogP contribution is -2.13. The largest absolute Gasteiger partial charge is 0.364 e.